The third-order valence-electron chi connectivity index (χ3n) is 3.57. The number of rotatable bonds is 3. The van der Waals surface area contributed by atoms with Crippen molar-refractivity contribution in [3.8, 4) is 28.4 Å². The fraction of sp³-hybridized carbons (Fsp3) is 0.0588. The van der Waals surface area contributed by atoms with Gasteiger partial charge in [0, 0.05) is 10.9 Å². The van der Waals surface area contributed by atoms with Gasteiger partial charge >= 0.3 is 0 Å². The van der Waals surface area contributed by atoms with E-state index in [0.717, 1.165) is 33.4 Å². The van der Waals surface area contributed by atoms with Crippen LogP contribution in [0.4, 0.5) is 0 Å². The monoisotopic (exact) mass is 307 g/mol. The Balaban J connectivity index is 1.90. The van der Waals surface area contributed by atoms with Gasteiger partial charge < -0.3 is 4.74 Å². The van der Waals surface area contributed by atoms with E-state index in [1.807, 2.05) is 42.5 Å². The van der Waals surface area contributed by atoms with Gasteiger partial charge in [0.05, 0.1) is 12.8 Å². The number of hydrogen-bond acceptors (Lipinski definition) is 4. The molecule has 0 spiro atoms. The van der Waals surface area contributed by atoms with Gasteiger partial charge in [-0.2, -0.15) is 0 Å². The lowest BCUT2D eigenvalue weighted by molar-refractivity contribution is 0.415. The molecule has 0 amide bonds. The van der Waals surface area contributed by atoms with Gasteiger partial charge in [-0.25, -0.2) is 0 Å². The maximum atomic E-state index is 5.22. The van der Waals surface area contributed by atoms with Gasteiger partial charge in [-0.1, -0.05) is 30.3 Å². The maximum absolute atomic E-state index is 5.22. The van der Waals surface area contributed by atoms with Crippen molar-refractivity contribution in [2.45, 2.75) is 0 Å². The van der Waals surface area contributed by atoms with E-state index < -0.39 is 0 Å². The van der Waals surface area contributed by atoms with Crippen LogP contribution >= 0.6 is 11.3 Å². The summed E-state index contributed by atoms with van der Waals surface area (Å²) in [7, 11) is 1.67. The molecule has 0 fully saturated rings. The molecule has 0 saturated carbocycles. The number of thiazole rings is 1. The van der Waals surface area contributed by atoms with E-state index >= 15 is 0 Å². The van der Waals surface area contributed by atoms with E-state index in [1.165, 1.54) is 0 Å². The summed E-state index contributed by atoms with van der Waals surface area (Å²) in [6.45, 7) is 0. The van der Waals surface area contributed by atoms with Gasteiger partial charge in [0.25, 0.3) is 0 Å². The van der Waals surface area contributed by atoms with Gasteiger partial charge in [-0.15, -0.1) is 21.5 Å². The zero-order chi connectivity index (χ0) is 14.9. The molecule has 4 aromatic rings. The Kier molecular flexibility index (Phi) is 3.12. The SMILES string of the molecule is COc1ccc(-c2csc3nnc(-c4ccccc4)n23)cc1. The van der Waals surface area contributed by atoms with Gasteiger partial charge in [0.1, 0.15) is 5.75 Å². The first-order chi connectivity index (χ1) is 10.9. The highest BCUT2D eigenvalue weighted by Gasteiger charge is 2.14. The van der Waals surface area contributed by atoms with Crippen LogP contribution in [0.2, 0.25) is 0 Å². The number of fused-ring (bicyclic) bond motifs is 1. The molecule has 0 unspecified atom stereocenters. The zero-order valence-corrected chi connectivity index (χ0v) is 12.7. The van der Waals surface area contributed by atoms with E-state index in [1.54, 1.807) is 18.4 Å². The summed E-state index contributed by atoms with van der Waals surface area (Å²) in [6, 6.07) is 18.1. The maximum Gasteiger partial charge on any atom is 0.216 e. The van der Waals surface area contributed by atoms with Crippen LogP contribution in [0, 0.1) is 0 Å². The fourth-order valence-electron chi connectivity index (χ4n) is 2.46. The van der Waals surface area contributed by atoms with Crippen LogP contribution < -0.4 is 4.74 Å². The van der Waals surface area contributed by atoms with E-state index in [9.17, 15) is 0 Å². The van der Waals surface area contributed by atoms with Crippen LogP contribution in [0.25, 0.3) is 27.6 Å². The Bertz CT molecular complexity index is 910. The summed E-state index contributed by atoms with van der Waals surface area (Å²) < 4.78 is 7.32. The van der Waals surface area contributed by atoms with Crippen LogP contribution in [0.15, 0.2) is 60.0 Å². The highest BCUT2D eigenvalue weighted by atomic mass is 32.1. The lowest BCUT2D eigenvalue weighted by Crippen LogP contribution is -1.91. The van der Waals surface area contributed by atoms with E-state index in [2.05, 4.69) is 32.1 Å². The molecule has 5 heteroatoms. The molecule has 4 rings (SSSR count). The Labute approximate surface area is 131 Å². The minimum absolute atomic E-state index is 0.849. The second kappa shape index (κ2) is 5.27. The molecule has 0 saturated heterocycles. The summed E-state index contributed by atoms with van der Waals surface area (Å²) in [5, 5.41) is 10.7. The summed E-state index contributed by atoms with van der Waals surface area (Å²) in [5.41, 5.74) is 3.26. The topological polar surface area (TPSA) is 39.4 Å². The Morgan fingerprint density at radius 2 is 1.68 bits per heavy atom. The number of benzene rings is 2. The van der Waals surface area contributed by atoms with Crippen molar-refractivity contribution in [1.29, 1.82) is 0 Å². The van der Waals surface area contributed by atoms with Crippen molar-refractivity contribution in [3.05, 3.63) is 60.0 Å². The second-order valence-electron chi connectivity index (χ2n) is 4.86. The van der Waals surface area contributed by atoms with Crippen LogP contribution in [-0.2, 0) is 0 Å². The zero-order valence-electron chi connectivity index (χ0n) is 11.9. The molecule has 0 bridgehead atoms. The lowest BCUT2D eigenvalue weighted by atomic mass is 10.1. The molecule has 4 nitrogen and oxygen atoms in total. The summed E-state index contributed by atoms with van der Waals surface area (Å²) in [4.78, 5) is 0.893. The third-order valence-corrected chi connectivity index (χ3v) is 4.38. The second-order valence-corrected chi connectivity index (χ2v) is 5.69. The first-order valence-electron chi connectivity index (χ1n) is 6.89. The minimum atomic E-state index is 0.849. The largest absolute Gasteiger partial charge is 0.497 e. The van der Waals surface area contributed by atoms with Crippen molar-refractivity contribution < 1.29 is 4.74 Å². The third kappa shape index (κ3) is 2.07. The summed E-state index contributed by atoms with van der Waals surface area (Å²) in [5.74, 6) is 1.71. The fourth-order valence-corrected chi connectivity index (χ4v) is 3.29. The normalized spacial score (nSPS) is 11.0. The molecule has 2 aromatic carbocycles. The van der Waals surface area contributed by atoms with Crippen molar-refractivity contribution in [3.63, 3.8) is 0 Å². The molecule has 108 valence electrons. The Morgan fingerprint density at radius 3 is 2.41 bits per heavy atom. The smallest absolute Gasteiger partial charge is 0.216 e. The van der Waals surface area contributed by atoms with Gasteiger partial charge in [0.2, 0.25) is 4.96 Å². The predicted molar refractivity (Wildman–Crippen MR) is 88.3 cm³/mol. The van der Waals surface area contributed by atoms with Crippen molar-refractivity contribution in [1.82, 2.24) is 14.6 Å². The minimum Gasteiger partial charge on any atom is -0.497 e. The van der Waals surface area contributed by atoms with E-state index in [0.29, 0.717) is 0 Å². The van der Waals surface area contributed by atoms with E-state index in [-0.39, 0.29) is 0 Å². The van der Waals surface area contributed by atoms with Gasteiger partial charge in [-0.05, 0) is 29.8 Å². The molecule has 0 radical (unpaired) electrons. The first kappa shape index (κ1) is 13.0. The molecule has 0 aliphatic rings. The number of aromatic nitrogens is 3. The summed E-state index contributed by atoms with van der Waals surface area (Å²) in [6.07, 6.45) is 0. The highest BCUT2D eigenvalue weighted by molar-refractivity contribution is 7.15. The molecule has 22 heavy (non-hydrogen) atoms. The molecular formula is C17H13N3OS. The average molecular weight is 307 g/mol. The molecule has 0 atom stereocenters. The van der Waals surface area contributed by atoms with E-state index in [4.69, 9.17) is 4.74 Å². The van der Waals surface area contributed by atoms with Crippen LogP contribution in [0.5, 0.6) is 5.75 Å². The molecule has 0 aliphatic carbocycles. The van der Waals surface area contributed by atoms with Gasteiger partial charge in [-0.3, -0.25) is 4.40 Å². The predicted octanol–water partition coefficient (Wildman–Crippen LogP) is 4.13. The molecule has 0 N–H and O–H groups in total. The number of methoxy groups -OCH3 is 1. The van der Waals surface area contributed by atoms with Crippen LogP contribution in [0.1, 0.15) is 0 Å². The van der Waals surface area contributed by atoms with Crippen LogP contribution in [-0.4, -0.2) is 21.7 Å². The number of ether oxygens (including phenoxy) is 1. The molecule has 2 aromatic heterocycles. The molecular weight excluding hydrogens is 294 g/mol. The van der Waals surface area contributed by atoms with Crippen molar-refractivity contribution >= 4 is 16.3 Å². The number of hydrogen-bond donors (Lipinski definition) is 0. The first-order valence-corrected chi connectivity index (χ1v) is 7.77. The molecule has 0 aliphatic heterocycles. The van der Waals surface area contributed by atoms with Crippen LogP contribution in [0.3, 0.4) is 0 Å². The molecule has 2 heterocycles. The van der Waals surface area contributed by atoms with Crippen molar-refractivity contribution in [2.24, 2.45) is 0 Å². The highest BCUT2D eigenvalue weighted by Crippen LogP contribution is 2.30. The summed E-state index contributed by atoms with van der Waals surface area (Å²) >= 11 is 1.59. The standard InChI is InChI=1S/C17H13N3OS/c1-21-14-9-7-12(8-10-14)15-11-22-17-19-18-16(20(15)17)13-5-3-2-4-6-13/h2-11H,1H3. The quantitative estimate of drug-likeness (QED) is 0.571. The van der Waals surface area contributed by atoms with Gasteiger partial charge in [0.15, 0.2) is 5.82 Å². The number of nitrogens with zero attached hydrogens (tertiary/aromatic N) is 3. The Morgan fingerprint density at radius 1 is 0.909 bits per heavy atom. The van der Waals surface area contributed by atoms with Crippen molar-refractivity contribution in [2.75, 3.05) is 7.11 Å². The Hall–Kier alpha value is -2.66. The lowest BCUT2D eigenvalue weighted by Gasteiger charge is -2.04. The average Bonchev–Trinajstić information content (AvgIpc) is 3.17.